The highest BCUT2D eigenvalue weighted by Gasteiger charge is 2.10. The van der Waals surface area contributed by atoms with Gasteiger partial charge in [0.15, 0.2) is 0 Å². The monoisotopic (exact) mass is 492 g/mol. The second-order valence-electron chi connectivity index (χ2n) is 6.51. The van der Waals surface area contributed by atoms with E-state index in [1.54, 1.807) is 54.6 Å². The summed E-state index contributed by atoms with van der Waals surface area (Å²) < 4.78 is 16.2. The minimum absolute atomic E-state index is 0.217. The zero-order valence-electron chi connectivity index (χ0n) is 17.2. The lowest BCUT2D eigenvalue weighted by Gasteiger charge is -2.11. The lowest BCUT2D eigenvalue weighted by molar-refractivity contribution is 0.0954. The normalized spacial score (nSPS) is 10.8. The number of hydrazone groups is 1. The van der Waals surface area contributed by atoms with Gasteiger partial charge in [0.25, 0.3) is 5.91 Å². The van der Waals surface area contributed by atoms with Gasteiger partial charge in [-0.05, 0) is 42.5 Å². The van der Waals surface area contributed by atoms with E-state index in [0.717, 1.165) is 5.56 Å². The Hall–Kier alpha value is -2.93. The lowest BCUT2D eigenvalue weighted by atomic mass is 10.2. The van der Waals surface area contributed by atoms with Gasteiger partial charge in [0.05, 0.1) is 20.4 Å². The van der Waals surface area contributed by atoms with E-state index in [9.17, 15) is 4.79 Å². The maximum atomic E-state index is 12.5. The molecule has 3 aromatic rings. The number of carbonyl (C=O) groups excluding carboxylic acids is 1. The summed E-state index contributed by atoms with van der Waals surface area (Å²) in [6.07, 6.45) is 1.44. The summed E-state index contributed by atoms with van der Waals surface area (Å²) in [5, 5.41) is 5.57. The van der Waals surface area contributed by atoms with E-state index in [4.69, 9.17) is 49.0 Å². The summed E-state index contributed by atoms with van der Waals surface area (Å²) in [5.74, 6) is 1.06. The molecule has 0 saturated carbocycles. The van der Waals surface area contributed by atoms with Crippen molar-refractivity contribution in [3.8, 4) is 17.2 Å². The van der Waals surface area contributed by atoms with Gasteiger partial charge in [-0.25, -0.2) is 5.43 Å². The van der Waals surface area contributed by atoms with Crippen LogP contribution in [-0.4, -0.2) is 26.3 Å². The molecule has 0 aromatic heterocycles. The molecule has 0 aliphatic carbocycles. The minimum atomic E-state index is -0.434. The van der Waals surface area contributed by atoms with E-state index in [1.807, 2.05) is 0 Å². The first-order valence-electron chi connectivity index (χ1n) is 9.32. The van der Waals surface area contributed by atoms with Gasteiger partial charge in [0, 0.05) is 37.8 Å². The SMILES string of the molecule is COc1cc(OC)cc(C(=O)NN=Cc2cc(Cl)ccc2OCc2ccc(Cl)cc2Cl)c1. The molecule has 0 atom stereocenters. The Morgan fingerprint density at radius 2 is 1.59 bits per heavy atom. The average molecular weight is 494 g/mol. The zero-order chi connectivity index (χ0) is 23.1. The number of hydrogen-bond acceptors (Lipinski definition) is 5. The van der Waals surface area contributed by atoms with E-state index in [2.05, 4.69) is 10.5 Å². The van der Waals surface area contributed by atoms with Crippen molar-refractivity contribution < 1.29 is 19.0 Å². The van der Waals surface area contributed by atoms with Crippen molar-refractivity contribution in [3.63, 3.8) is 0 Å². The molecule has 0 fully saturated rings. The molecule has 6 nitrogen and oxygen atoms in total. The molecule has 1 amide bonds. The van der Waals surface area contributed by atoms with Gasteiger partial charge >= 0.3 is 0 Å². The molecule has 0 bridgehead atoms. The van der Waals surface area contributed by atoms with Crippen LogP contribution in [0.1, 0.15) is 21.5 Å². The van der Waals surface area contributed by atoms with Crippen LogP contribution in [0.2, 0.25) is 15.1 Å². The van der Waals surface area contributed by atoms with Crippen LogP contribution in [0.5, 0.6) is 17.2 Å². The quantitative estimate of drug-likeness (QED) is 0.308. The first-order valence-corrected chi connectivity index (χ1v) is 10.5. The number of nitrogens with zero attached hydrogens (tertiary/aromatic N) is 1. The van der Waals surface area contributed by atoms with Crippen molar-refractivity contribution >= 4 is 46.9 Å². The van der Waals surface area contributed by atoms with Crippen molar-refractivity contribution in [2.24, 2.45) is 5.10 Å². The van der Waals surface area contributed by atoms with Crippen LogP contribution < -0.4 is 19.6 Å². The third kappa shape index (κ3) is 6.29. The minimum Gasteiger partial charge on any atom is -0.497 e. The number of hydrogen-bond donors (Lipinski definition) is 1. The average Bonchev–Trinajstić information content (AvgIpc) is 2.79. The Balaban J connectivity index is 1.73. The standard InChI is InChI=1S/C23H19Cl3N2O4/c1-30-19-8-15(9-20(11-19)31-2)23(29)28-27-12-16-7-17(24)5-6-22(16)32-13-14-3-4-18(25)10-21(14)26/h3-12H,13H2,1-2H3,(H,28,29). The first kappa shape index (κ1) is 23.7. The molecule has 9 heteroatoms. The van der Waals surface area contributed by atoms with Crippen molar-refractivity contribution in [2.75, 3.05) is 14.2 Å². The fraction of sp³-hybridized carbons (Fsp3) is 0.130. The molecule has 0 aliphatic heterocycles. The zero-order valence-corrected chi connectivity index (χ0v) is 19.5. The summed E-state index contributed by atoms with van der Waals surface area (Å²) in [4.78, 5) is 12.5. The smallest absolute Gasteiger partial charge is 0.271 e. The summed E-state index contributed by atoms with van der Waals surface area (Å²) in [5.41, 5.74) is 4.15. The Morgan fingerprint density at radius 1 is 0.938 bits per heavy atom. The van der Waals surface area contributed by atoms with Crippen molar-refractivity contribution in [1.29, 1.82) is 0 Å². The van der Waals surface area contributed by atoms with E-state index in [1.165, 1.54) is 20.4 Å². The number of halogens is 3. The van der Waals surface area contributed by atoms with Crippen LogP contribution >= 0.6 is 34.8 Å². The van der Waals surface area contributed by atoms with Crippen LogP contribution in [0.3, 0.4) is 0 Å². The molecule has 0 radical (unpaired) electrons. The van der Waals surface area contributed by atoms with Crippen LogP contribution in [0.25, 0.3) is 0 Å². The maximum absolute atomic E-state index is 12.5. The van der Waals surface area contributed by atoms with Crippen LogP contribution in [0, 0.1) is 0 Å². The van der Waals surface area contributed by atoms with Gasteiger partial charge in [0.2, 0.25) is 0 Å². The van der Waals surface area contributed by atoms with Gasteiger partial charge in [-0.2, -0.15) is 5.10 Å². The van der Waals surface area contributed by atoms with Crippen molar-refractivity contribution in [1.82, 2.24) is 5.43 Å². The number of benzene rings is 3. The van der Waals surface area contributed by atoms with Crippen molar-refractivity contribution in [2.45, 2.75) is 6.61 Å². The third-order valence-electron chi connectivity index (χ3n) is 4.35. The number of methoxy groups -OCH3 is 2. The van der Waals surface area contributed by atoms with E-state index >= 15 is 0 Å². The Bertz CT molecular complexity index is 1130. The fourth-order valence-electron chi connectivity index (χ4n) is 2.71. The lowest BCUT2D eigenvalue weighted by Crippen LogP contribution is -2.17. The second kappa shape index (κ2) is 11.1. The summed E-state index contributed by atoms with van der Waals surface area (Å²) in [7, 11) is 3.01. The Kier molecular flexibility index (Phi) is 8.22. The summed E-state index contributed by atoms with van der Waals surface area (Å²) in [6.45, 7) is 0.217. The predicted molar refractivity (Wildman–Crippen MR) is 127 cm³/mol. The molecular formula is C23H19Cl3N2O4. The summed E-state index contributed by atoms with van der Waals surface area (Å²) >= 11 is 18.2. The number of nitrogens with one attached hydrogen (secondary N) is 1. The van der Waals surface area contributed by atoms with E-state index in [0.29, 0.717) is 43.4 Å². The first-order chi connectivity index (χ1) is 15.4. The van der Waals surface area contributed by atoms with Crippen molar-refractivity contribution in [3.05, 3.63) is 86.4 Å². The van der Waals surface area contributed by atoms with E-state index in [-0.39, 0.29) is 6.61 Å². The molecule has 0 heterocycles. The van der Waals surface area contributed by atoms with Crippen LogP contribution in [0.4, 0.5) is 0 Å². The number of rotatable bonds is 8. The van der Waals surface area contributed by atoms with Gasteiger partial charge in [-0.15, -0.1) is 0 Å². The van der Waals surface area contributed by atoms with Gasteiger partial charge in [-0.1, -0.05) is 40.9 Å². The molecule has 0 spiro atoms. The molecular weight excluding hydrogens is 475 g/mol. The Labute approximate surface area is 200 Å². The molecule has 3 rings (SSSR count). The Morgan fingerprint density at radius 3 is 2.25 bits per heavy atom. The molecule has 0 unspecified atom stereocenters. The maximum Gasteiger partial charge on any atom is 0.271 e. The molecule has 0 saturated heterocycles. The highest BCUT2D eigenvalue weighted by atomic mass is 35.5. The molecule has 32 heavy (non-hydrogen) atoms. The van der Waals surface area contributed by atoms with Gasteiger partial charge in [0.1, 0.15) is 23.9 Å². The van der Waals surface area contributed by atoms with Crippen LogP contribution in [0.15, 0.2) is 59.7 Å². The fourth-order valence-corrected chi connectivity index (χ4v) is 3.35. The van der Waals surface area contributed by atoms with Gasteiger partial charge < -0.3 is 14.2 Å². The second-order valence-corrected chi connectivity index (χ2v) is 7.79. The highest BCUT2D eigenvalue weighted by Crippen LogP contribution is 2.26. The number of amides is 1. The predicted octanol–water partition coefficient (Wildman–Crippen LogP) is 6.01. The molecule has 166 valence electrons. The molecule has 3 aromatic carbocycles. The largest absolute Gasteiger partial charge is 0.497 e. The van der Waals surface area contributed by atoms with Gasteiger partial charge in [-0.3, -0.25) is 4.79 Å². The third-order valence-corrected chi connectivity index (χ3v) is 5.18. The number of ether oxygens (including phenoxy) is 3. The molecule has 1 N–H and O–H groups in total. The summed E-state index contributed by atoms with van der Waals surface area (Å²) in [6, 6.07) is 15.1. The topological polar surface area (TPSA) is 69.2 Å². The van der Waals surface area contributed by atoms with E-state index < -0.39 is 5.91 Å². The highest BCUT2D eigenvalue weighted by molar-refractivity contribution is 6.35. The van der Waals surface area contributed by atoms with Crippen LogP contribution in [-0.2, 0) is 6.61 Å². The molecule has 0 aliphatic rings. The number of carbonyl (C=O) groups is 1.